The van der Waals surface area contributed by atoms with Gasteiger partial charge in [0, 0.05) is 0 Å². The second-order valence-corrected chi connectivity index (χ2v) is 5.01. The first-order valence-corrected chi connectivity index (χ1v) is 5.99. The molecule has 0 N–H and O–H groups in total. The Morgan fingerprint density at radius 3 is 2.50 bits per heavy atom. The van der Waals surface area contributed by atoms with Crippen molar-refractivity contribution in [2.24, 2.45) is 0 Å². The minimum Gasteiger partial charge on any atom is -0.494 e. The Hall–Kier alpha value is -0.760. The van der Waals surface area contributed by atoms with Gasteiger partial charge < -0.3 is 4.74 Å². The van der Waals surface area contributed by atoms with Crippen molar-refractivity contribution in [1.82, 2.24) is 0 Å². The molecule has 2 nitrogen and oxygen atoms in total. The van der Waals surface area contributed by atoms with Gasteiger partial charge in [0.2, 0.25) is 0 Å². The molecule has 0 unspecified atom stereocenters. The first-order chi connectivity index (χ1) is 7.37. The molecule has 0 aromatic rings. The van der Waals surface area contributed by atoms with Crippen LogP contribution in [0.1, 0.15) is 47.0 Å². The molecule has 92 valence electrons. The van der Waals surface area contributed by atoms with Crippen molar-refractivity contribution in [3.63, 3.8) is 0 Å². The van der Waals surface area contributed by atoms with E-state index in [1.165, 1.54) is 12.3 Å². The molecule has 0 aliphatic heterocycles. The fraction of sp³-hybridized carbons (Fsp3) is 0.615. The minimum atomic E-state index is -0.327. The highest BCUT2D eigenvalue weighted by Gasteiger charge is 2.10. The molecule has 0 aliphatic carbocycles. The largest absolute Gasteiger partial charge is 0.494 e. The number of ketones is 1. The SMILES string of the molecule is CCCC/C=C\C(=O)/C(Cl)=C/OC(C)(C)C. The van der Waals surface area contributed by atoms with E-state index in [-0.39, 0.29) is 16.4 Å². The summed E-state index contributed by atoms with van der Waals surface area (Å²) >= 11 is 5.79. The lowest BCUT2D eigenvalue weighted by molar-refractivity contribution is -0.111. The number of allylic oxidation sites excluding steroid dienone is 3. The second kappa shape index (κ2) is 7.50. The topological polar surface area (TPSA) is 26.3 Å². The smallest absolute Gasteiger partial charge is 0.199 e. The Morgan fingerprint density at radius 2 is 2.00 bits per heavy atom. The molecule has 0 spiro atoms. The maximum Gasteiger partial charge on any atom is 0.199 e. The number of carbonyl (C=O) groups excluding carboxylic acids is 1. The van der Waals surface area contributed by atoms with E-state index in [2.05, 4.69) is 6.92 Å². The molecule has 0 atom stereocenters. The molecule has 0 aromatic heterocycles. The van der Waals surface area contributed by atoms with E-state index in [0.29, 0.717) is 0 Å². The molecular formula is C13H21ClO2. The lowest BCUT2D eigenvalue weighted by atomic mass is 10.2. The van der Waals surface area contributed by atoms with Gasteiger partial charge in [-0.3, -0.25) is 4.79 Å². The predicted octanol–water partition coefficient (Wildman–Crippen LogP) is 4.20. The third kappa shape index (κ3) is 8.54. The van der Waals surface area contributed by atoms with Crippen LogP contribution in [0.15, 0.2) is 23.4 Å². The third-order valence-electron chi connectivity index (χ3n) is 1.74. The summed E-state index contributed by atoms with van der Waals surface area (Å²) in [7, 11) is 0. The summed E-state index contributed by atoms with van der Waals surface area (Å²) in [5.74, 6) is -0.206. The standard InChI is InChI=1S/C13H21ClO2/c1-5-6-7-8-9-12(15)11(14)10-16-13(2,3)4/h8-10H,5-7H2,1-4H3/b9-8-,11-10-. The average molecular weight is 245 g/mol. The number of halogens is 1. The molecule has 0 bridgehead atoms. The van der Waals surface area contributed by atoms with E-state index < -0.39 is 0 Å². The van der Waals surface area contributed by atoms with Gasteiger partial charge in [-0.05, 0) is 33.3 Å². The van der Waals surface area contributed by atoms with Crippen LogP contribution in [0.3, 0.4) is 0 Å². The molecule has 0 rings (SSSR count). The Labute approximate surface area is 103 Å². The van der Waals surface area contributed by atoms with Crippen molar-refractivity contribution in [3.05, 3.63) is 23.4 Å². The lowest BCUT2D eigenvalue weighted by Crippen LogP contribution is -2.15. The maximum atomic E-state index is 11.5. The van der Waals surface area contributed by atoms with Crippen molar-refractivity contribution >= 4 is 17.4 Å². The Kier molecular flexibility index (Phi) is 7.15. The zero-order valence-corrected chi connectivity index (χ0v) is 11.3. The highest BCUT2D eigenvalue weighted by Crippen LogP contribution is 2.12. The van der Waals surface area contributed by atoms with Gasteiger partial charge in [-0.25, -0.2) is 0 Å². The van der Waals surface area contributed by atoms with Gasteiger partial charge in [-0.15, -0.1) is 0 Å². The van der Waals surface area contributed by atoms with Gasteiger partial charge in [-0.2, -0.15) is 0 Å². The van der Waals surface area contributed by atoms with Crippen LogP contribution in [0.25, 0.3) is 0 Å². The maximum absolute atomic E-state index is 11.5. The van der Waals surface area contributed by atoms with Crippen molar-refractivity contribution < 1.29 is 9.53 Å². The number of rotatable bonds is 6. The number of hydrogen-bond donors (Lipinski definition) is 0. The summed E-state index contributed by atoms with van der Waals surface area (Å²) in [6.07, 6.45) is 7.78. The van der Waals surface area contributed by atoms with Gasteiger partial charge in [-0.1, -0.05) is 37.4 Å². The zero-order chi connectivity index (χ0) is 12.6. The molecular weight excluding hydrogens is 224 g/mol. The van der Waals surface area contributed by atoms with Crippen LogP contribution in [0.2, 0.25) is 0 Å². The van der Waals surface area contributed by atoms with Crippen LogP contribution >= 0.6 is 11.6 Å². The van der Waals surface area contributed by atoms with Crippen LogP contribution in [-0.2, 0) is 9.53 Å². The lowest BCUT2D eigenvalue weighted by Gasteiger charge is -2.17. The van der Waals surface area contributed by atoms with Crippen molar-refractivity contribution in [2.45, 2.75) is 52.6 Å². The summed E-state index contributed by atoms with van der Waals surface area (Å²) in [4.78, 5) is 11.5. The zero-order valence-electron chi connectivity index (χ0n) is 10.5. The molecule has 0 aliphatic rings. The van der Waals surface area contributed by atoms with Gasteiger partial charge in [0.15, 0.2) is 5.78 Å². The second-order valence-electron chi connectivity index (χ2n) is 4.60. The molecule has 0 heterocycles. The van der Waals surface area contributed by atoms with Crippen LogP contribution < -0.4 is 0 Å². The van der Waals surface area contributed by atoms with Crippen molar-refractivity contribution in [3.8, 4) is 0 Å². The summed E-state index contributed by atoms with van der Waals surface area (Å²) in [6, 6.07) is 0. The number of ether oxygens (including phenoxy) is 1. The van der Waals surface area contributed by atoms with E-state index in [9.17, 15) is 4.79 Å². The Balaban J connectivity index is 4.13. The molecule has 0 radical (unpaired) electrons. The molecule has 0 amide bonds. The van der Waals surface area contributed by atoms with Gasteiger partial charge >= 0.3 is 0 Å². The van der Waals surface area contributed by atoms with Crippen LogP contribution in [0.4, 0.5) is 0 Å². The minimum absolute atomic E-state index is 0.114. The van der Waals surface area contributed by atoms with Gasteiger partial charge in [0.25, 0.3) is 0 Å². The van der Waals surface area contributed by atoms with Gasteiger partial charge in [0.1, 0.15) is 11.3 Å². The van der Waals surface area contributed by atoms with Crippen molar-refractivity contribution in [2.75, 3.05) is 0 Å². The molecule has 0 saturated heterocycles. The van der Waals surface area contributed by atoms with Crippen LogP contribution in [-0.4, -0.2) is 11.4 Å². The molecule has 0 fully saturated rings. The highest BCUT2D eigenvalue weighted by atomic mass is 35.5. The first-order valence-electron chi connectivity index (χ1n) is 5.61. The fourth-order valence-corrected chi connectivity index (χ4v) is 0.986. The number of carbonyl (C=O) groups is 1. The summed E-state index contributed by atoms with van der Waals surface area (Å²) in [5, 5.41) is 0.114. The average Bonchev–Trinajstić information content (AvgIpc) is 2.19. The first kappa shape index (κ1) is 15.2. The monoisotopic (exact) mass is 244 g/mol. The van der Waals surface area contributed by atoms with E-state index in [1.807, 2.05) is 26.8 Å². The quantitative estimate of drug-likeness (QED) is 0.398. The molecule has 3 heteroatoms. The van der Waals surface area contributed by atoms with Crippen LogP contribution in [0, 0.1) is 0 Å². The highest BCUT2D eigenvalue weighted by molar-refractivity contribution is 6.44. The summed E-state index contributed by atoms with van der Waals surface area (Å²) in [5.41, 5.74) is -0.327. The van der Waals surface area contributed by atoms with Crippen molar-refractivity contribution in [1.29, 1.82) is 0 Å². The summed E-state index contributed by atoms with van der Waals surface area (Å²) < 4.78 is 5.29. The number of unbranched alkanes of at least 4 members (excludes halogenated alkanes) is 2. The van der Waals surface area contributed by atoms with E-state index in [0.717, 1.165) is 19.3 Å². The Bertz CT molecular complexity index is 272. The number of hydrogen-bond acceptors (Lipinski definition) is 2. The van der Waals surface area contributed by atoms with Crippen LogP contribution in [0.5, 0.6) is 0 Å². The van der Waals surface area contributed by atoms with E-state index in [1.54, 1.807) is 0 Å². The van der Waals surface area contributed by atoms with E-state index in [4.69, 9.17) is 16.3 Å². The molecule has 0 aromatic carbocycles. The summed E-state index contributed by atoms with van der Waals surface area (Å²) in [6.45, 7) is 7.80. The van der Waals surface area contributed by atoms with Gasteiger partial charge in [0.05, 0.1) is 5.60 Å². The molecule has 0 saturated carbocycles. The fourth-order valence-electron chi connectivity index (χ4n) is 0.879. The van der Waals surface area contributed by atoms with E-state index >= 15 is 0 Å². The normalized spacial score (nSPS) is 13.2. The Morgan fingerprint density at radius 1 is 1.38 bits per heavy atom. The predicted molar refractivity (Wildman–Crippen MR) is 68.4 cm³/mol. The third-order valence-corrected chi connectivity index (χ3v) is 2.02. The molecule has 16 heavy (non-hydrogen) atoms.